The van der Waals surface area contributed by atoms with Crippen LogP contribution in [0.1, 0.15) is 20.8 Å². The van der Waals surface area contributed by atoms with Gasteiger partial charge in [0.2, 0.25) is 10.0 Å². The van der Waals surface area contributed by atoms with Gasteiger partial charge in [-0.25, -0.2) is 8.42 Å². The van der Waals surface area contributed by atoms with E-state index in [0.29, 0.717) is 6.54 Å². The van der Waals surface area contributed by atoms with Crippen LogP contribution in [0.25, 0.3) is 0 Å². The molecule has 0 radical (unpaired) electrons. The third kappa shape index (κ3) is 4.19. The number of sulfonamides is 1. The molecular formula is C13H22N2O3S. The number of nitrogens with one attached hydrogen (secondary N) is 1. The van der Waals surface area contributed by atoms with Crippen LogP contribution in [0.2, 0.25) is 0 Å². The lowest BCUT2D eigenvalue weighted by Crippen LogP contribution is -2.42. The van der Waals surface area contributed by atoms with Crippen molar-refractivity contribution in [2.75, 3.05) is 25.5 Å². The molecular weight excluding hydrogens is 264 g/mol. The van der Waals surface area contributed by atoms with Gasteiger partial charge in [0.05, 0.1) is 10.5 Å². The van der Waals surface area contributed by atoms with Crippen LogP contribution in [-0.2, 0) is 10.0 Å². The standard InChI is InChI=1S/C13H22N2O3S/c1-5-15(10-13(2,3)16)19(17,18)12-8-6-11(14-4)7-9-12/h6-9,14,16H,5,10H2,1-4H3. The second-order valence-corrected chi connectivity index (χ2v) is 6.96. The Morgan fingerprint density at radius 1 is 1.26 bits per heavy atom. The number of aliphatic hydroxyl groups is 1. The fourth-order valence-electron chi connectivity index (χ4n) is 1.74. The molecule has 6 heteroatoms. The second-order valence-electron chi connectivity index (χ2n) is 5.02. The Kier molecular flexibility index (Phi) is 4.95. The largest absolute Gasteiger partial charge is 0.389 e. The molecule has 0 heterocycles. The van der Waals surface area contributed by atoms with Crippen molar-refractivity contribution in [2.24, 2.45) is 0 Å². The Hall–Kier alpha value is -1.11. The molecule has 0 spiro atoms. The molecule has 1 rings (SSSR count). The predicted octanol–water partition coefficient (Wildman–Crippen LogP) is 1.51. The van der Waals surface area contributed by atoms with Crippen LogP contribution in [0.15, 0.2) is 29.2 Å². The minimum atomic E-state index is -3.56. The van der Waals surface area contributed by atoms with Crippen molar-refractivity contribution in [3.05, 3.63) is 24.3 Å². The van der Waals surface area contributed by atoms with Gasteiger partial charge in [-0.3, -0.25) is 0 Å². The first-order valence-corrected chi connectivity index (χ1v) is 7.65. The summed E-state index contributed by atoms with van der Waals surface area (Å²) in [6, 6.07) is 6.55. The summed E-state index contributed by atoms with van der Waals surface area (Å²) in [6.45, 7) is 5.33. The summed E-state index contributed by atoms with van der Waals surface area (Å²) in [5.74, 6) is 0. The molecule has 0 saturated heterocycles. The summed E-state index contributed by atoms with van der Waals surface area (Å²) in [7, 11) is -1.79. The summed E-state index contributed by atoms with van der Waals surface area (Å²) < 4.78 is 26.1. The van der Waals surface area contributed by atoms with Crippen molar-refractivity contribution >= 4 is 15.7 Å². The Balaban J connectivity index is 3.06. The van der Waals surface area contributed by atoms with E-state index >= 15 is 0 Å². The molecule has 0 atom stereocenters. The maximum absolute atomic E-state index is 12.4. The Morgan fingerprint density at radius 2 is 1.79 bits per heavy atom. The number of benzene rings is 1. The van der Waals surface area contributed by atoms with E-state index in [4.69, 9.17) is 0 Å². The average molecular weight is 286 g/mol. The highest BCUT2D eigenvalue weighted by Gasteiger charge is 2.28. The quantitative estimate of drug-likeness (QED) is 0.831. The highest BCUT2D eigenvalue weighted by Crippen LogP contribution is 2.20. The fraction of sp³-hybridized carbons (Fsp3) is 0.538. The number of rotatable bonds is 6. The van der Waals surface area contributed by atoms with Gasteiger partial charge in [-0.1, -0.05) is 6.92 Å². The third-order valence-electron chi connectivity index (χ3n) is 2.70. The first-order valence-electron chi connectivity index (χ1n) is 6.21. The van der Waals surface area contributed by atoms with Gasteiger partial charge in [-0.15, -0.1) is 0 Å². The van der Waals surface area contributed by atoms with E-state index in [-0.39, 0.29) is 11.4 Å². The highest BCUT2D eigenvalue weighted by molar-refractivity contribution is 7.89. The summed E-state index contributed by atoms with van der Waals surface area (Å²) in [6.07, 6.45) is 0. The van der Waals surface area contributed by atoms with Gasteiger partial charge in [0, 0.05) is 25.8 Å². The maximum atomic E-state index is 12.4. The SMILES string of the molecule is CCN(CC(C)(C)O)S(=O)(=O)c1ccc(NC)cc1. The number of hydrogen-bond acceptors (Lipinski definition) is 4. The van der Waals surface area contributed by atoms with Crippen molar-refractivity contribution in [3.63, 3.8) is 0 Å². The van der Waals surface area contributed by atoms with Crippen LogP contribution in [-0.4, -0.2) is 43.6 Å². The maximum Gasteiger partial charge on any atom is 0.243 e. The number of hydrogen-bond donors (Lipinski definition) is 2. The van der Waals surface area contributed by atoms with Gasteiger partial charge in [0.25, 0.3) is 0 Å². The lowest BCUT2D eigenvalue weighted by atomic mass is 10.1. The molecule has 0 saturated carbocycles. The first-order chi connectivity index (χ1) is 8.70. The van der Waals surface area contributed by atoms with Crippen LogP contribution in [0.5, 0.6) is 0 Å². The summed E-state index contributed by atoms with van der Waals surface area (Å²) in [5, 5.41) is 12.7. The molecule has 1 aromatic rings. The smallest absolute Gasteiger partial charge is 0.243 e. The molecule has 5 nitrogen and oxygen atoms in total. The molecule has 1 aromatic carbocycles. The monoisotopic (exact) mass is 286 g/mol. The van der Waals surface area contributed by atoms with Gasteiger partial charge in [0.1, 0.15) is 0 Å². The van der Waals surface area contributed by atoms with Gasteiger partial charge < -0.3 is 10.4 Å². The van der Waals surface area contributed by atoms with Gasteiger partial charge >= 0.3 is 0 Å². The topological polar surface area (TPSA) is 69.6 Å². The van der Waals surface area contributed by atoms with Crippen molar-refractivity contribution in [1.82, 2.24) is 4.31 Å². The van der Waals surface area contributed by atoms with E-state index in [1.54, 1.807) is 52.1 Å². The normalized spacial score (nSPS) is 12.7. The molecule has 0 aliphatic rings. The van der Waals surface area contributed by atoms with E-state index in [2.05, 4.69) is 5.32 Å². The first kappa shape index (κ1) is 15.9. The summed E-state index contributed by atoms with van der Waals surface area (Å²) in [5.41, 5.74) is -0.210. The molecule has 0 bridgehead atoms. The van der Waals surface area contributed by atoms with Crippen LogP contribution < -0.4 is 5.32 Å². The minimum absolute atomic E-state index is 0.0691. The van der Waals surface area contributed by atoms with E-state index in [9.17, 15) is 13.5 Å². The molecule has 108 valence electrons. The van der Waals surface area contributed by atoms with Crippen LogP contribution in [0, 0.1) is 0 Å². The molecule has 19 heavy (non-hydrogen) atoms. The number of likely N-dealkylation sites (N-methyl/N-ethyl adjacent to an activating group) is 1. The van der Waals surface area contributed by atoms with Crippen LogP contribution in [0.3, 0.4) is 0 Å². The number of nitrogens with zero attached hydrogens (tertiary/aromatic N) is 1. The number of anilines is 1. The second kappa shape index (κ2) is 5.90. The predicted molar refractivity (Wildman–Crippen MR) is 76.7 cm³/mol. The molecule has 0 aromatic heterocycles. The van der Waals surface area contributed by atoms with E-state index in [0.717, 1.165) is 5.69 Å². The van der Waals surface area contributed by atoms with Crippen molar-refractivity contribution in [2.45, 2.75) is 31.3 Å². The molecule has 0 amide bonds. The van der Waals surface area contributed by atoms with Crippen molar-refractivity contribution in [3.8, 4) is 0 Å². The fourth-order valence-corrected chi connectivity index (χ4v) is 3.34. The molecule has 2 N–H and O–H groups in total. The van der Waals surface area contributed by atoms with E-state index in [1.807, 2.05) is 0 Å². The van der Waals surface area contributed by atoms with Crippen LogP contribution >= 0.6 is 0 Å². The zero-order chi connectivity index (χ0) is 14.7. The molecule has 0 unspecified atom stereocenters. The lowest BCUT2D eigenvalue weighted by Gasteiger charge is -2.27. The van der Waals surface area contributed by atoms with Gasteiger partial charge in [0.15, 0.2) is 0 Å². The Morgan fingerprint density at radius 3 is 2.16 bits per heavy atom. The third-order valence-corrected chi connectivity index (χ3v) is 4.63. The Labute approximate surface area is 115 Å². The molecule has 0 aliphatic heterocycles. The lowest BCUT2D eigenvalue weighted by molar-refractivity contribution is 0.0601. The molecule has 0 fully saturated rings. The zero-order valence-electron chi connectivity index (χ0n) is 11.8. The summed E-state index contributed by atoms with van der Waals surface area (Å²) >= 11 is 0. The molecule has 0 aliphatic carbocycles. The minimum Gasteiger partial charge on any atom is -0.389 e. The van der Waals surface area contributed by atoms with E-state index in [1.165, 1.54) is 4.31 Å². The van der Waals surface area contributed by atoms with Crippen molar-refractivity contribution < 1.29 is 13.5 Å². The zero-order valence-corrected chi connectivity index (χ0v) is 12.7. The van der Waals surface area contributed by atoms with Crippen LogP contribution in [0.4, 0.5) is 5.69 Å². The van der Waals surface area contributed by atoms with E-state index < -0.39 is 15.6 Å². The summed E-state index contributed by atoms with van der Waals surface area (Å²) in [4.78, 5) is 0.234. The van der Waals surface area contributed by atoms with Gasteiger partial charge in [-0.2, -0.15) is 4.31 Å². The highest BCUT2D eigenvalue weighted by atomic mass is 32.2. The average Bonchev–Trinajstić information content (AvgIpc) is 2.34. The Bertz CT molecular complexity index is 504. The van der Waals surface area contributed by atoms with Crippen molar-refractivity contribution in [1.29, 1.82) is 0 Å². The van der Waals surface area contributed by atoms with Gasteiger partial charge in [-0.05, 0) is 38.1 Å².